The number of carboxylic acids is 1. The van der Waals surface area contributed by atoms with Gasteiger partial charge in [0.15, 0.2) is 11.9 Å². The van der Waals surface area contributed by atoms with Crippen LogP contribution in [0.2, 0.25) is 0 Å². The number of aliphatic hydroxyl groups is 3. The van der Waals surface area contributed by atoms with E-state index in [2.05, 4.69) is 0 Å². The first-order chi connectivity index (χ1) is 19.4. The summed E-state index contributed by atoms with van der Waals surface area (Å²) in [5, 5.41) is 42.6. The molecule has 1 aromatic rings. The normalized spacial score (nSPS) is 35.7. The molecular formula is C31H42O11. The summed E-state index contributed by atoms with van der Waals surface area (Å²) in [6, 6.07) is 8.27. The molecule has 0 aromatic heterocycles. The molecule has 1 heterocycles. The first-order valence-electron chi connectivity index (χ1n) is 14.0. The van der Waals surface area contributed by atoms with Gasteiger partial charge in [0.2, 0.25) is 0 Å². The van der Waals surface area contributed by atoms with E-state index in [-0.39, 0.29) is 30.6 Å². The van der Waals surface area contributed by atoms with Gasteiger partial charge in [0.05, 0.1) is 35.9 Å². The molecule has 11 heteroatoms. The van der Waals surface area contributed by atoms with Gasteiger partial charge in [0.1, 0.15) is 11.7 Å². The molecule has 0 spiro atoms. The van der Waals surface area contributed by atoms with Crippen molar-refractivity contribution in [3.8, 4) is 0 Å². The summed E-state index contributed by atoms with van der Waals surface area (Å²) in [6.45, 7) is 10.5. The molecular weight excluding hydrogens is 548 g/mol. The molecule has 4 N–H and O–H groups in total. The van der Waals surface area contributed by atoms with Crippen molar-refractivity contribution < 1.29 is 53.8 Å². The molecule has 2 fully saturated rings. The standard InChI is InChI=1S/C29H38O9.C2H4O2/c1-15-12-21(32)28(6)19(14-36-15)25(38-26(34)18-10-8-7-9-11-18)29(35)13-20(31)16(2)22(27(29,4)5)23(24(28)33)37-17(3)30;1-2(3)4/h7-11,15,19-21,23,25,31-32,35H,12-14H2,1-6H3;1H3,(H,3,4)/t15-,19?,20-,21-,23+,25-,28-,29+;/m0./s1. The van der Waals surface area contributed by atoms with Crippen molar-refractivity contribution in [1.82, 2.24) is 0 Å². The largest absolute Gasteiger partial charge is 0.481 e. The maximum absolute atomic E-state index is 14.5. The summed E-state index contributed by atoms with van der Waals surface area (Å²) in [4.78, 5) is 49.1. The Morgan fingerprint density at radius 3 is 2.14 bits per heavy atom. The highest BCUT2D eigenvalue weighted by molar-refractivity contribution is 5.95. The highest BCUT2D eigenvalue weighted by Gasteiger charge is 2.68. The third-order valence-corrected chi connectivity index (χ3v) is 9.16. The molecule has 0 amide bonds. The smallest absolute Gasteiger partial charge is 0.338 e. The number of benzene rings is 1. The molecule has 1 unspecified atom stereocenters. The second-order valence-electron chi connectivity index (χ2n) is 12.2. The van der Waals surface area contributed by atoms with E-state index in [9.17, 15) is 29.7 Å². The number of Topliss-reactive ketones (excluding diaryl/α,β-unsaturated/α-hetero) is 1. The summed E-state index contributed by atoms with van der Waals surface area (Å²) in [5.74, 6) is -3.90. The molecule has 2 aliphatic carbocycles. The van der Waals surface area contributed by atoms with Gasteiger partial charge < -0.3 is 34.6 Å². The number of carboxylic acid groups (broad SMARTS) is 1. The monoisotopic (exact) mass is 590 g/mol. The number of rotatable bonds is 3. The van der Waals surface area contributed by atoms with Crippen molar-refractivity contribution in [2.24, 2.45) is 16.7 Å². The van der Waals surface area contributed by atoms with E-state index in [1.54, 1.807) is 65.0 Å². The highest BCUT2D eigenvalue weighted by Crippen LogP contribution is 2.58. The molecule has 1 saturated carbocycles. The van der Waals surface area contributed by atoms with Gasteiger partial charge in [-0.05, 0) is 44.1 Å². The second-order valence-corrected chi connectivity index (χ2v) is 12.2. The second kappa shape index (κ2) is 12.2. The van der Waals surface area contributed by atoms with Gasteiger partial charge in [-0.15, -0.1) is 0 Å². The zero-order valence-corrected chi connectivity index (χ0v) is 25.1. The van der Waals surface area contributed by atoms with Crippen molar-refractivity contribution in [3.05, 3.63) is 47.0 Å². The Hall–Kier alpha value is -3.12. The molecule has 42 heavy (non-hydrogen) atoms. The first kappa shape index (κ1) is 33.4. The van der Waals surface area contributed by atoms with Gasteiger partial charge in [-0.2, -0.15) is 0 Å². The minimum absolute atomic E-state index is 0.105. The molecule has 11 nitrogen and oxygen atoms in total. The van der Waals surface area contributed by atoms with Gasteiger partial charge >= 0.3 is 11.9 Å². The van der Waals surface area contributed by atoms with Crippen LogP contribution >= 0.6 is 0 Å². The number of carbonyl (C=O) groups is 4. The summed E-state index contributed by atoms with van der Waals surface area (Å²) in [5.41, 5.74) is -3.98. The van der Waals surface area contributed by atoms with Gasteiger partial charge in [-0.25, -0.2) is 4.79 Å². The van der Waals surface area contributed by atoms with Crippen LogP contribution in [0.3, 0.4) is 0 Å². The Morgan fingerprint density at radius 2 is 1.60 bits per heavy atom. The maximum Gasteiger partial charge on any atom is 0.338 e. The van der Waals surface area contributed by atoms with Crippen LogP contribution in [0.5, 0.6) is 0 Å². The van der Waals surface area contributed by atoms with E-state index in [1.807, 2.05) is 0 Å². The van der Waals surface area contributed by atoms with Crippen molar-refractivity contribution in [2.75, 3.05) is 6.61 Å². The number of aliphatic carboxylic acids is 1. The van der Waals surface area contributed by atoms with E-state index >= 15 is 0 Å². The Bertz CT molecular complexity index is 1230. The fraction of sp³-hybridized carbons (Fsp3) is 0.613. The van der Waals surface area contributed by atoms with Crippen LogP contribution in [0, 0.1) is 16.7 Å². The quantitative estimate of drug-likeness (QED) is 0.300. The molecule has 4 rings (SSSR count). The number of fused-ring (bicyclic) bond motifs is 3. The predicted molar refractivity (Wildman–Crippen MR) is 149 cm³/mol. The lowest BCUT2D eigenvalue weighted by atomic mass is 9.50. The van der Waals surface area contributed by atoms with Crippen molar-refractivity contribution in [2.45, 2.75) is 97.4 Å². The van der Waals surface area contributed by atoms with Gasteiger partial charge in [-0.1, -0.05) is 32.0 Å². The molecule has 232 valence electrons. The minimum Gasteiger partial charge on any atom is -0.481 e. The molecule has 1 saturated heterocycles. The number of ketones is 1. The Labute approximate surface area is 245 Å². The van der Waals surface area contributed by atoms with Crippen molar-refractivity contribution >= 4 is 23.7 Å². The lowest BCUT2D eigenvalue weighted by molar-refractivity contribution is -0.217. The lowest BCUT2D eigenvalue weighted by Gasteiger charge is -2.59. The Balaban J connectivity index is 0.00000114. The highest BCUT2D eigenvalue weighted by atomic mass is 16.6. The topological polar surface area (TPSA) is 177 Å². The summed E-state index contributed by atoms with van der Waals surface area (Å²) < 4.78 is 17.7. The molecule has 8 atom stereocenters. The molecule has 0 radical (unpaired) electrons. The van der Waals surface area contributed by atoms with Crippen LogP contribution < -0.4 is 0 Å². The third kappa shape index (κ3) is 5.88. The van der Waals surface area contributed by atoms with Crippen LogP contribution in [0.15, 0.2) is 41.5 Å². The molecule has 3 aliphatic rings. The first-order valence-corrected chi connectivity index (χ1v) is 14.0. The fourth-order valence-corrected chi connectivity index (χ4v) is 6.64. The summed E-state index contributed by atoms with van der Waals surface area (Å²) in [7, 11) is 0. The van der Waals surface area contributed by atoms with E-state index in [1.165, 1.54) is 6.92 Å². The number of hydrogen-bond donors (Lipinski definition) is 4. The number of esters is 2. The average molecular weight is 591 g/mol. The van der Waals surface area contributed by atoms with E-state index in [0.717, 1.165) is 6.92 Å². The number of carbonyl (C=O) groups excluding carboxylic acids is 3. The Morgan fingerprint density at radius 1 is 1.02 bits per heavy atom. The van der Waals surface area contributed by atoms with Crippen LogP contribution in [-0.4, -0.2) is 86.8 Å². The number of aliphatic hydroxyl groups excluding tert-OH is 2. The molecule has 2 bridgehead atoms. The van der Waals surface area contributed by atoms with Crippen molar-refractivity contribution in [3.63, 3.8) is 0 Å². The fourth-order valence-electron chi connectivity index (χ4n) is 6.64. The average Bonchev–Trinajstić information content (AvgIpc) is 3.00. The zero-order chi connectivity index (χ0) is 31.8. The summed E-state index contributed by atoms with van der Waals surface area (Å²) in [6.07, 6.45) is -5.83. The van der Waals surface area contributed by atoms with Crippen LogP contribution in [0.25, 0.3) is 0 Å². The van der Waals surface area contributed by atoms with Gasteiger partial charge in [-0.3, -0.25) is 14.4 Å². The van der Waals surface area contributed by atoms with Crippen molar-refractivity contribution in [1.29, 1.82) is 0 Å². The lowest BCUT2D eigenvalue weighted by Crippen LogP contribution is -2.70. The van der Waals surface area contributed by atoms with Crippen LogP contribution in [0.1, 0.15) is 71.7 Å². The minimum atomic E-state index is -1.92. The van der Waals surface area contributed by atoms with Gasteiger partial charge in [0.25, 0.3) is 5.97 Å². The number of hydrogen-bond acceptors (Lipinski definition) is 10. The zero-order valence-electron chi connectivity index (χ0n) is 25.1. The van der Waals surface area contributed by atoms with E-state index in [4.69, 9.17) is 24.1 Å². The van der Waals surface area contributed by atoms with Crippen LogP contribution in [-0.2, 0) is 28.6 Å². The molecule has 1 aromatic carbocycles. The SMILES string of the molecule is CC(=O)O.CC(=O)O[C@H]1C(=O)[C@@]2(C)C(CO[C@@H](C)C[C@@H]2O)[C@H](OC(=O)c2ccccc2)[C@]2(O)C[C@H](O)C(C)=C1C2(C)C. The maximum atomic E-state index is 14.5. The Kier molecular flexibility index (Phi) is 9.73. The van der Waals surface area contributed by atoms with E-state index in [0.29, 0.717) is 5.57 Å². The van der Waals surface area contributed by atoms with Gasteiger partial charge in [0, 0.05) is 38.0 Å². The third-order valence-electron chi connectivity index (χ3n) is 9.16. The predicted octanol–water partition coefficient (Wildman–Crippen LogP) is 2.45. The summed E-state index contributed by atoms with van der Waals surface area (Å²) >= 11 is 0. The van der Waals surface area contributed by atoms with Crippen LogP contribution in [0.4, 0.5) is 0 Å². The number of ether oxygens (including phenoxy) is 3. The molecule has 1 aliphatic heterocycles. The van der Waals surface area contributed by atoms with E-state index < -0.39 is 76.6 Å².